The van der Waals surface area contributed by atoms with Crippen molar-refractivity contribution in [1.82, 2.24) is 19.9 Å². The summed E-state index contributed by atoms with van der Waals surface area (Å²) in [5.74, 6) is -0.378. The van der Waals surface area contributed by atoms with Gasteiger partial charge in [-0.05, 0) is 34.1 Å². The van der Waals surface area contributed by atoms with E-state index in [1.165, 1.54) is 4.68 Å². The van der Waals surface area contributed by atoms with E-state index in [9.17, 15) is 9.59 Å². The van der Waals surface area contributed by atoms with Gasteiger partial charge >= 0.3 is 11.9 Å². The lowest BCUT2D eigenvalue weighted by atomic mass is 10.0. The zero-order chi connectivity index (χ0) is 18.9. The van der Waals surface area contributed by atoms with E-state index in [0.29, 0.717) is 18.8 Å². The molecule has 1 aliphatic carbocycles. The van der Waals surface area contributed by atoms with E-state index in [2.05, 4.69) is 27.4 Å². The molecule has 0 amide bonds. The van der Waals surface area contributed by atoms with E-state index in [1.807, 2.05) is 20.8 Å². The zero-order valence-electron chi connectivity index (χ0n) is 15.7. The minimum absolute atomic E-state index is 0.0301. The molecule has 1 fully saturated rings. The third-order valence-corrected chi connectivity index (χ3v) is 4.46. The average Bonchev–Trinajstić information content (AvgIpc) is 3.22. The van der Waals surface area contributed by atoms with Gasteiger partial charge in [-0.2, -0.15) is 0 Å². The molecule has 0 radical (unpaired) electrons. The van der Waals surface area contributed by atoms with Crippen LogP contribution in [0, 0.1) is 5.92 Å². The van der Waals surface area contributed by atoms with Gasteiger partial charge in [0.15, 0.2) is 0 Å². The lowest BCUT2D eigenvalue weighted by Crippen LogP contribution is -2.46. The fourth-order valence-corrected chi connectivity index (χ4v) is 3.54. The Balaban J connectivity index is 1.68. The van der Waals surface area contributed by atoms with Crippen LogP contribution in [0.2, 0.25) is 0 Å². The summed E-state index contributed by atoms with van der Waals surface area (Å²) in [7, 11) is 0. The van der Waals surface area contributed by atoms with E-state index in [-0.39, 0.29) is 36.5 Å². The van der Waals surface area contributed by atoms with Gasteiger partial charge in [-0.1, -0.05) is 17.4 Å². The standard InChI is InChI=1S/C18H26N4O4/c1-5-25-15(23)11-21-9-13(19-20-21)10-22-14-7-6-12(8-14)16(22)17(24)26-18(2,3)4/h6-7,9,12,14,16H,5,8,10-11H2,1-4H3/t12-,14+,16-/m1/s1. The molecule has 2 bridgehead atoms. The fourth-order valence-electron chi connectivity index (χ4n) is 3.54. The summed E-state index contributed by atoms with van der Waals surface area (Å²) in [4.78, 5) is 26.3. The number of hydrogen-bond donors (Lipinski definition) is 0. The quantitative estimate of drug-likeness (QED) is 0.557. The molecular weight excluding hydrogens is 336 g/mol. The Labute approximate surface area is 153 Å². The molecule has 1 aromatic rings. The van der Waals surface area contributed by atoms with Crippen LogP contribution in [0.15, 0.2) is 18.3 Å². The van der Waals surface area contributed by atoms with Gasteiger partial charge < -0.3 is 9.47 Å². The van der Waals surface area contributed by atoms with Crippen LogP contribution in [0.4, 0.5) is 0 Å². The van der Waals surface area contributed by atoms with Crippen LogP contribution in [-0.4, -0.2) is 56.1 Å². The molecule has 26 heavy (non-hydrogen) atoms. The number of rotatable bonds is 6. The Morgan fingerprint density at radius 1 is 1.31 bits per heavy atom. The fraction of sp³-hybridized carbons (Fsp3) is 0.667. The van der Waals surface area contributed by atoms with Crippen molar-refractivity contribution in [2.75, 3.05) is 6.61 Å². The second-order valence-corrected chi connectivity index (χ2v) is 7.71. The van der Waals surface area contributed by atoms with E-state index in [1.54, 1.807) is 13.1 Å². The maximum Gasteiger partial charge on any atom is 0.327 e. The molecule has 8 heteroatoms. The smallest absolute Gasteiger partial charge is 0.327 e. The van der Waals surface area contributed by atoms with Crippen LogP contribution in [0.3, 0.4) is 0 Å². The highest BCUT2D eigenvalue weighted by atomic mass is 16.6. The van der Waals surface area contributed by atoms with Gasteiger partial charge in [0.2, 0.25) is 0 Å². The highest BCUT2D eigenvalue weighted by Crippen LogP contribution is 2.39. The van der Waals surface area contributed by atoms with Crippen molar-refractivity contribution >= 4 is 11.9 Å². The van der Waals surface area contributed by atoms with Crippen molar-refractivity contribution in [3.63, 3.8) is 0 Å². The summed E-state index contributed by atoms with van der Waals surface area (Å²) >= 11 is 0. The maximum atomic E-state index is 12.7. The summed E-state index contributed by atoms with van der Waals surface area (Å²) in [5.41, 5.74) is 0.195. The lowest BCUT2D eigenvalue weighted by molar-refractivity contribution is -0.162. The molecule has 2 aliphatic rings. The summed E-state index contributed by atoms with van der Waals surface area (Å²) in [6.07, 6.45) is 6.88. The monoisotopic (exact) mass is 362 g/mol. The summed E-state index contributed by atoms with van der Waals surface area (Å²) in [6, 6.07) is -0.104. The third kappa shape index (κ3) is 4.12. The van der Waals surface area contributed by atoms with Gasteiger partial charge in [-0.15, -0.1) is 5.10 Å². The molecule has 1 aromatic heterocycles. The Hall–Kier alpha value is -2.22. The molecule has 1 saturated heterocycles. The van der Waals surface area contributed by atoms with Crippen molar-refractivity contribution in [3.05, 3.63) is 24.0 Å². The summed E-state index contributed by atoms with van der Waals surface area (Å²) < 4.78 is 12.0. The Morgan fingerprint density at radius 2 is 2.08 bits per heavy atom. The molecule has 3 atom stereocenters. The topological polar surface area (TPSA) is 86.5 Å². The van der Waals surface area contributed by atoms with E-state index >= 15 is 0 Å². The number of aromatic nitrogens is 3. The molecule has 1 aliphatic heterocycles. The van der Waals surface area contributed by atoms with Crippen molar-refractivity contribution in [3.8, 4) is 0 Å². The normalized spacial score (nSPS) is 24.8. The third-order valence-electron chi connectivity index (χ3n) is 4.46. The molecule has 0 N–H and O–H groups in total. The predicted octanol–water partition coefficient (Wildman–Crippen LogP) is 1.31. The highest BCUT2D eigenvalue weighted by molar-refractivity contribution is 5.78. The van der Waals surface area contributed by atoms with Crippen molar-refractivity contribution < 1.29 is 19.1 Å². The molecule has 0 aromatic carbocycles. The maximum absolute atomic E-state index is 12.7. The Morgan fingerprint density at radius 3 is 2.77 bits per heavy atom. The van der Waals surface area contributed by atoms with Crippen molar-refractivity contribution in [1.29, 1.82) is 0 Å². The first-order chi connectivity index (χ1) is 12.3. The molecule has 2 heterocycles. The minimum Gasteiger partial charge on any atom is -0.465 e. The molecule has 0 saturated carbocycles. The summed E-state index contributed by atoms with van der Waals surface area (Å²) in [6.45, 7) is 8.23. The first kappa shape index (κ1) is 18.6. The van der Waals surface area contributed by atoms with E-state index in [0.717, 1.165) is 6.42 Å². The zero-order valence-corrected chi connectivity index (χ0v) is 15.7. The van der Waals surface area contributed by atoms with Crippen LogP contribution in [0.1, 0.15) is 39.8 Å². The second-order valence-electron chi connectivity index (χ2n) is 7.71. The second kappa shape index (κ2) is 7.19. The van der Waals surface area contributed by atoms with Crippen LogP contribution in [0.5, 0.6) is 0 Å². The predicted molar refractivity (Wildman–Crippen MR) is 92.9 cm³/mol. The van der Waals surface area contributed by atoms with Crippen molar-refractivity contribution in [2.24, 2.45) is 5.92 Å². The van der Waals surface area contributed by atoms with Gasteiger partial charge in [-0.3, -0.25) is 14.5 Å². The Bertz CT molecular complexity index is 706. The largest absolute Gasteiger partial charge is 0.465 e. The SMILES string of the molecule is CCOC(=O)Cn1cc(CN2[C@H]3C=C[C@H](C3)[C@@H]2C(=O)OC(C)(C)C)nn1. The first-order valence-electron chi connectivity index (χ1n) is 8.98. The number of likely N-dealkylation sites (tertiary alicyclic amines) is 1. The van der Waals surface area contributed by atoms with Crippen molar-refractivity contribution in [2.45, 2.75) is 64.9 Å². The van der Waals surface area contributed by atoms with Gasteiger partial charge in [-0.25, -0.2) is 4.68 Å². The number of carbonyl (C=O) groups excluding carboxylic acids is 2. The van der Waals surface area contributed by atoms with E-state index < -0.39 is 5.60 Å². The number of ether oxygens (including phenoxy) is 2. The van der Waals surface area contributed by atoms with Gasteiger partial charge in [0.1, 0.15) is 18.2 Å². The summed E-state index contributed by atoms with van der Waals surface area (Å²) in [5, 5.41) is 8.11. The van der Waals surface area contributed by atoms with Gasteiger partial charge in [0.05, 0.1) is 18.5 Å². The molecule has 3 rings (SSSR count). The minimum atomic E-state index is -0.517. The van der Waals surface area contributed by atoms with Gasteiger partial charge in [0.25, 0.3) is 0 Å². The molecule has 0 unspecified atom stereocenters. The molecule has 8 nitrogen and oxygen atoms in total. The lowest BCUT2D eigenvalue weighted by Gasteiger charge is -2.32. The molecule has 0 spiro atoms. The number of esters is 2. The number of nitrogens with zero attached hydrogens (tertiary/aromatic N) is 4. The number of hydrogen-bond acceptors (Lipinski definition) is 7. The van der Waals surface area contributed by atoms with Crippen LogP contribution in [-0.2, 0) is 32.2 Å². The van der Waals surface area contributed by atoms with E-state index in [4.69, 9.17) is 9.47 Å². The molecule has 142 valence electrons. The Kier molecular flexibility index (Phi) is 5.13. The molecular formula is C18H26N4O4. The van der Waals surface area contributed by atoms with Crippen LogP contribution in [0.25, 0.3) is 0 Å². The highest BCUT2D eigenvalue weighted by Gasteiger charge is 2.48. The van der Waals surface area contributed by atoms with Crippen LogP contribution < -0.4 is 0 Å². The first-order valence-corrected chi connectivity index (χ1v) is 8.98. The van der Waals surface area contributed by atoms with Gasteiger partial charge in [0, 0.05) is 18.5 Å². The van der Waals surface area contributed by atoms with Crippen LogP contribution >= 0.6 is 0 Å². The average molecular weight is 362 g/mol. The number of fused-ring (bicyclic) bond motifs is 2. The number of carbonyl (C=O) groups is 2.